The number of carbonyl (C=O) groups is 1. The minimum Gasteiger partial charge on any atom is -0.481 e. The maximum Gasteiger partial charge on any atom is 0.325 e. The predicted molar refractivity (Wildman–Crippen MR) is 59.4 cm³/mol. The van der Waals surface area contributed by atoms with Crippen LogP contribution < -0.4 is 11.2 Å². The fourth-order valence-electron chi connectivity index (χ4n) is 0.920. The summed E-state index contributed by atoms with van der Waals surface area (Å²) in [6, 6.07) is 0. The zero-order valence-corrected chi connectivity index (χ0v) is 9.46. The molecule has 17 heavy (non-hydrogen) atoms. The van der Waals surface area contributed by atoms with Crippen LogP contribution in [0.5, 0.6) is 0 Å². The summed E-state index contributed by atoms with van der Waals surface area (Å²) in [5, 5.41) is 8.14. The monoisotopic (exact) mass is 246 g/mol. The van der Waals surface area contributed by atoms with Gasteiger partial charge in [-0.2, -0.15) is 4.39 Å². The van der Waals surface area contributed by atoms with E-state index in [1.165, 1.54) is 0 Å². The van der Waals surface area contributed by atoms with Gasteiger partial charge in [-0.1, -0.05) is 19.8 Å². The van der Waals surface area contributed by atoms with E-state index in [4.69, 9.17) is 5.11 Å². The average molecular weight is 246 g/mol. The van der Waals surface area contributed by atoms with Crippen molar-refractivity contribution in [3.63, 3.8) is 0 Å². The second kappa shape index (κ2) is 8.26. The number of unbranched alkanes of at least 4 members (excludes halogenated alkanes) is 2. The lowest BCUT2D eigenvalue weighted by Crippen LogP contribution is -2.23. The Morgan fingerprint density at radius 1 is 1.41 bits per heavy atom. The molecule has 0 radical (unpaired) electrons. The van der Waals surface area contributed by atoms with E-state index in [-0.39, 0.29) is 0 Å². The lowest BCUT2D eigenvalue weighted by molar-refractivity contribution is -0.137. The Bertz CT molecular complexity index is 452. The van der Waals surface area contributed by atoms with E-state index in [9.17, 15) is 18.8 Å². The van der Waals surface area contributed by atoms with Gasteiger partial charge in [0, 0.05) is 12.6 Å². The van der Waals surface area contributed by atoms with Crippen LogP contribution >= 0.6 is 0 Å². The molecular formula is C10H15FN2O4. The van der Waals surface area contributed by atoms with Gasteiger partial charge >= 0.3 is 11.7 Å². The van der Waals surface area contributed by atoms with Gasteiger partial charge in [-0.25, -0.2) is 4.79 Å². The summed E-state index contributed by atoms with van der Waals surface area (Å²) in [6.45, 7) is 2.06. The zero-order chi connectivity index (χ0) is 13.3. The first kappa shape index (κ1) is 15.1. The molecule has 0 aliphatic rings. The highest BCUT2D eigenvalue weighted by Crippen LogP contribution is 1.97. The Kier molecular flexibility index (Phi) is 7.32. The third-order valence-corrected chi connectivity index (χ3v) is 1.77. The number of H-pyrrole nitrogens is 2. The first-order chi connectivity index (χ1) is 7.97. The number of halogens is 1. The van der Waals surface area contributed by atoms with Crippen LogP contribution in [0.3, 0.4) is 0 Å². The van der Waals surface area contributed by atoms with Crippen LogP contribution in [-0.4, -0.2) is 21.0 Å². The summed E-state index contributed by atoms with van der Waals surface area (Å²) in [7, 11) is 0. The minimum absolute atomic E-state index is 0.327. The minimum atomic E-state index is -1.00. The van der Waals surface area contributed by atoms with Gasteiger partial charge in [-0.3, -0.25) is 14.6 Å². The molecule has 0 aromatic carbocycles. The van der Waals surface area contributed by atoms with E-state index in [1.807, 2.05) is 4.98 Å². The number of nitrogens with one attached hydrogen (secondary N) is 2. The molecule has 96 valence electrons. The Balaban J connectivity index is 0.000000304. The Hall–Kier alpha value is -1.92. The molecule has 1 rings (SSSR count). The molecule has 0 saturated carbocycles. The zero-order valence-electron chi connectivity index (χ0n) is 9.46. The topological polar surface area (TPSA) is 103 Å². The van der Waals surface area contributed by atoms with Crippen molar-refractivity contribution in [2.45, 2.75) is 32.6 Å². The Labute approximate surface area is 96.5 Å². The molecule has 0 aliphatic heterocycles. The number of aromatic amines is 2. The van der Waals surface area contributed by atoms with Gasteiger partial charge in [0.2, 0.25) is 5.82 Å². The first-order valence-corrected chi connectivity index (χ1v) is 5.16. The van der Waals surface area contributed by atoms with Crippen molar-refractivity contribution in [2.24, 2.45) is 0 Å². The Morgan fingerprint density at radius 3 is 2.47 bits per heavy atom. The Morgan fingerprint density at radius 2 is 2.06 bits per heavy atom. The van der Waals surface area contributed by atoms with E-state index >= 15 is 0 Å². The third-order valence-electron chi connectivity index (χ3n) is 1.77. The SMILES string of the molecule is CCCCCC(=O)O.O=c1[nH]cc(F)c(=O)[nH]1. The molecule has 0 amide bonds. The molecule has 3 N–H and O–H groups in total. The summed E-state index contributed by atoms with van der Waals surface area (Å²) >= 11 is 0. The highest BCUT2D eigenvalue weighted by molar-refractivity contribution is 5.66. The number of aromatic nitrogens is 2. The van der Waals surface area contributed by atoms with E-state index in [1.54, 1.807) is 4.98 Å². The number of rotatable bonds is 4. The molecule has 0 saturated heterocycles. The molecule has 0 fully saturated rings. The standard InChI is InChI=1S/C6H12O2.C4H3FN2O2/c1-2-3-4-5-6(7)8;5-2-1-6-4(9)7-3(2)8/h2-5H2,1H3,(H,7,8);1H,(H2,6,7,8,9). The second-order valence-electron chi connectivity index (χ2n) is 3.27. The van der Waals surface area contributed by atoms with Gasteiger partial charge in [0.15, 0.2) is 0 Å². The van der Waals surface area contributed by atoms with Gasteiger partial charge in [0.25, 0.3) is 5.56 Å². The quantitative estimate of drug-likeness (QED) is 0.685. The smallest absolute Gasteiger partial charge is 0.325 e. The van der Waals surface area contributed by atoms with E-state index in [2.05, 4.69) is 6.92 Å². The molecule has 0 bridgehead atoms. The van der Waals surface area contributed by atoms with Gasteiger partial charge in [0.1, 0.15) is 0 Å². The lowest BCUT2D eigenvalue weighted by Gasteiger charge is -1.89. The van der Waals surface area contributed by atoms with Crippen molar-refractivity contribution in [1.82, 2.24) is 9.97 Å². The van der Waals surface area contributed by atoms with Crippen molar-refractivity contribution in [1.29, 1.82) is 0 Å². The van der Waals surface area contributed by atoms with E-state index in [0.717, 1.165) is 19.3 Å². The number of carboxylic acid groups (broad SMARTS) is 1. The maximum atomic E-state index is 12.0. The van der Waals surface area contributed by atoms with Crippen molar-refractivity contribution >= 4 is 5.97 Å². The summed E-state index contributed by atoms with van der Waals surface area (Å²) in [6.07, 6.45) is 3.99. The van der Waals surface area contributed by atoms with Crippen molar-refractivity contribution in [3.8, 4) is 0 Å². The van der Waals surface area contributed by atoms with Crippen LogP contribution in [0.15, 0.2) is 15.8 Å². The highest BCUT2D eigenvalue weighted by Gasteiger charge is 1.93. The molecular weight excluding hydrogens is 231 g/mol. The van der Waals surface area contributed by atoms with Gasteiger partial charge in [-0.15, -0.1) is 0 Å². The van der Waals surface area contributed by atoms with E-state index < -0.39 is 23.0 Å². The molecule has 1 heterocycles. The van der Waals surface area contributed by atoms with E-state index in [0.29, 0.717) is 12.6 Å². The molecule has 7 heteroatoms. The van der Waals surface area contributed by atoms with Crippen LogP contribution in [-0.2, 0) is 4.79 Å². The first-order valence-electron chi connectivity index (χ1n) is 5.16. The van der Waals surface area contributed by atoms with Crippen LogP contribution in [0.4, 0.5) is 4.39 Å². The number of hydrogen-bond donors (Lipinski definition) is 3. The number of aliphatic carboxylic acids is 1. The molecule has 0 aliphatic carbocycles. The number of carboxylic acids is 1. The second-order valence-corrected chi connectivity index (χ2v) is 3.27. The number of hydrogen-bond acceptors (Lipinski definition) is 3. The molecule has 0 spiro atoms. The van der Waals surface area contributed by atoms with Crippen LogP contribution in [0.2, 0.25) is 0 Å². The highest BCUT2D eigenvalue weighted by atomic mass is 19.1. The summed E-state index contributed by atoms with van der Waals surface area (Å²) in [5.41, 5.74) is -1.71. The van der Waals surface area contributed by atoms with Gasteiger partial charge in [0.05, 0.1) is 0 Å². The lowest BCUT2D eigenvalue weighted by atomic mass is 10.2. The van der Waals surface area contributed by atoms with Crippen molar-refractivity contribution < 1.29 is 14.3 Å². The van der Waals surface area contributed by atoms with Crippen LogP contribution in [0.1, 0.15) is 32.6 Å². The average Bonchev–Trinajstić information content (AvgIpc) is 2.25. The molecule has 6 nitrogen and oxygen atoms in total. The van der Waals surface area contributed by atoms with Crippen LogP contribution in [0, 0.1) is 5.82 Å². The normalized spacial score (nSPS) is 9.29. The summed E-state index contributed by atoms with van der Waals surface area (Å²) in [5.74, 6) is -1.67. The molecule has 1 aromatic rings. The largest absolute Gasteiger partial charge is 0.481 e. The van der Waals surface area contributed by atoms with Gasteiger partial charge < -0.3 is 10.1 Å². The fourth-order valence-corrected chi connectivity index (χ4v) is 0.920. The molecule has 0 atom stereocenters. The van der Waals surface area contributed by atoms with Crippen LogP contribution in [0.25, 0.3) is 0 Å². The molecule has 0 unspecified atom stereocenters. The predicted octanol–water partition coefficient (Wildman–Crippen LogP) is 0.854. The van der Waals surface area contributed by atoms with Crippen molar-refractivity contribution in [3.05, 3.63) is 32.9 Å². The summed E-state index contributed by atoms with van der Waals surface area (Å²) in [4.78, 5) is 33.9. The third kappa shape index (κ3) is 7.95. The molecule has 1 aromatic heterocycles. The van der Waals surface area contributed by atoms with Gasteiger partial charge in [-0.05, 0) is 6.42 Å². The summed E-state index contributed by atoms with van der Waals surface area (Å²) < 4.78 is 12.0. The van der Waals surface area contributed by atoms with Crippen molar-refractivity contribution in [2.75, 3.05) is 0 Å². The fraction of sp³-hybridized carbons (Fsp3) is 0.500. The maximum absolute atomic E-state index is 12.0.